The minimum Gasteiger partial charge on any atom is -0.369 e. The number of amides is 1. The molecule has 3 unspecified atom stereocenters. The Hall–Kier alpha value is -2.64. The van der Waals surface area contributed by atoms with Gasteiger partial charge in [-0.15, -0.1) is 0 Å². The summed E-state index contributed by atoms with van der Waals surface area (Å²) in [4.78, 5) is 11.8. The predicted molar refractivity (Wildman–Crippen MR) is 96.2 cm³/mol. The normalized spacial score (nSPS) is 25.9. The molecule has 4 heteroatoms. The van der Waals surface area contributed by atoms with E-state index < -0.39 is 23.3 Å². The lowest BCUT2D eigenvalue weighted by molar-refractivity contribution is -0.152. The average Bonchev–Trinajstić information content (AvgIpc) is 2.67. The first-order valence-corrected chi connectivity index (χ1v) is 8.61. The molecular formula is C21H22N2O2. The molecule has 0 saturated carbocycles. The Kier molecular flexibility index (Phi) is 4.87. The number of carbonyl (C=O) groups is 1. The van der Waals surface area contributed by atoms with Crippen LogP contribution in [0.15, 0.2) is 54.6 Å². The van der Waals surface area contributed by atoms with Gasteiger partial charge in [-0.3, -0.25) is 4.79 Å². The fraction of sp³-hybridized carbons (Fsp3) is 0.333. The highest BCUT2D eigenvalue weighted by atomic mass is 16.5. The van der Waals surface area contributed by atoms with Crippen molar-refractivity contribution in [2.24, 2.45) is 17.6 Å². The summed E-state index contributed by atoms with van der Waals surface area (Å²) >= 11 is 0. The van der Waals surface area contributed by atoms with E-state index in [0.717, 1.165) is 16.7 Å². The van der Waals surface area contributed by atoms with E-state index in [1.54, 1.807) is 0 Å². The van der Waals surface area contributed by atoms with Crippen molar-refractivity contribution in [3.05, 3.63) is 60.2 Å². The second-order valence-corrected chi connectivity index (χ2v) is 6.44. The summed E-state index contributed by atoms with van der Waals surface area (Å²) in [5, 5.41) is 9.73. The minimum atomic E-state index is -0.790. The maximum absolute atomic E-state index is 11.8. The molecule has 1 aliphatic rings. The summed E-state index contributed by atoms with van der Waals surface area (Å²) in [6, 6.07) is 20.5. The van der Waals surface area contributed by atoms with E-state index >= 15 is 0 Å². The van der Waals surface area contributed by atoms with Gasteiger partial charge < -0.3 is 10.5 Å². The number of hydrogen-bond donors (Lipinski definition) is 1. The minimum absolute atomic E-state index is 0.423. The van der Waals surface area contributed by atoms with E-state index in [0.29, 0.717) is 19.4 Å². The lowest BCUT2D eigenvalue weighted by Gasteiger charge is -2.44. The van der Waals surface area contributed by atoms with Crippen molar-refractivity contribution in [3.63, 3.8) is 0 Å². The molecule has 0 aromatic heterocycles. The molecule has 0 spiro atoms. The number of nitrogens with zero attached hydrogens (tertiary/aromatic N) is 1. The number of nitrogens with two attached hydrogens (primary N) is 1. The SMILES string of the molecule is CCC1(c2ccc(-c3ccccc3)cc2)OCCC(C(N)=O)C1C#N. The van der Waals surface area contributed by atoms with Crippen LogP contribution in [0.2, 0.25) is 0 Å². The van der Waals surface area contributed by atoms with E-state index in [1.807, 2.05) is 49.4 Å². The maximum atomic E-state index is 11.8. The Morgan fingerprint density at radius 1 is 1.20 bits per heavy atom. The second-order valence-electron chi connectivity index (χ2n) is 6.44. The highest BCUT2D eigenvalue weighted by Crippen LogP contribution is 2.45. The zero-order chi connectivity index (χ0) is 17.9. The molecular weight excluding hydrogens is 312 g/mol. The Morgan fingerprint density at radius 3 is 2.40 bits per heavy atom. The molecule has 128 valence electrons. The third-order valence-corrected chi connectivity index (χ3v) is 5.20. The van der Waals surface area contributed by atoms with Gasteiger partial charge in [0.2, 0.25) is 5.91 Å². The van der Waals surface area contributed by atoms with Crippen LogP contribution in [-0.2, 0) is 15.1 Å². The van der Waals surface area contributed by atoms with Crippen molar-refractivity contribution in [1.29, 1.82) is 5.26 Å². The number of benzene rings is 2. The number of rotatable bonds is 4. The lowest BCUT2D eigenvalue weighted by Crippen LogP contribution is -2.49. The summed E-state index contributed by atoms with van der Waals surface area (Å²) in [7, 11) is 0. The molecule has 1 fully saturated rings. The second kappa shape index (κ2) is 7.08. The van der Waals surface area contributed by atoms with Crippen LogP contribution in [0.3, 0.4) is 0 Å². The average molecular weight is 334 g/mol. The molecule has 1 heterocycles. The van der Waals surface area contributed by atoms with Crippen LogP contribution in [0.4, 0.5) is 0 Å². The molecule has 0 bridgehead atoms. The molecule has 3 atom stereocenters. The summed E-state index contributed by atoms with van der Waals surface area (Å²) in [5.41, 5.74) is 7.91. The van der Waals surface area contributed by atoms with Crippen LogP contribution in [0, 0.1) is 23.2 Å². The summed E-state index contributed by atoms with van der Waals surface area (Å²) in [6.45, 7) is 2.42. The van der Waals surface area contributed by atoms with Gasteiger partial charge in [0, 0.05) is 6.61 Å². The number of nitriles is 1. The van der Waals surface area contributed by atoms with Gasteiger partial charge in [0.05, 0.1) is 17.9 Å². The van der Waals surface area contributed by atoms with Crippen LogP contribution >= 0.6 is 0 Å². The molecule has 2 aromatic carbocycles. The quantitative estimate of drug-likeness (QED) is 0.928. The molecule has 2 aromatic rings. The monoisotopic (exact) mass is 334 g/mol. The standard InChI is InChI=1S/C21H22N2O2/c1-2-21(19(14-22)18(20(23)24)12-13-25-21)17-10-8-16(9-11-17)15-6-4-3-5-7-15/h3-11,18-19H,2,12-13H2,1H3,(H2,23,24). The smallest absolute Gasteiger partial charge is 0.222 e. The molecule has 0 aliphatic carbocycles. The lowest BCUT2D eigenvalue weighted by atomic mass is 9.70. The van der Waals surface area contributed by atoms with Crippen LogP contribution in [0.1, 0.15) is 25.3 Å². The maximum Gasteiger partial charge on any atom is 0.222 e. The van der Waals surface area contributed by atoms with Crippen molar-refractivity contribution in [3.8, 4) is 17.2 Å². The van der Waals surface area contributed by atoms with E-state index in [1.165, 1.54) is 0 Å². The van der Waals surface area contributed by atoms with Gasteiger partial charge in [-0.05, 0) is 29.5 Å². The van der Waals surface area contributed by atoms with Gasteiger partial charge in [0.1, 0.15) is 5.60 Å². The Morgan fingerprint density at radius 2 is 1.84 bits per heavy atom. The van der Waals surface area contributed by atoms with Crippen LogP contribution in [0.5, 0.6) is 0 Å². The van der Waals surface area contributed by atoms with Crippen molar-refractivity contribution < 1.29 is 9.53 Å². The third kappa shape index (κ3) is 3.04. The zero-order valence-electron chi connectivity index (χ0n) is 14.3. The van der Waals surface area contributed by atoms with Gasteiger partial charge >= 0.3 is 0 Å². The summed E-state index contributed by atoms with van der Waals surface area (Å²) in [5.74, 6) is -1.48. The van der Waals surface area contributed by atoms with E-state index in [4.69, 9.17) is 10.5 Å². The zero-order valence-corrected chi connectivity index (χ0v) is 14.3. The summed E-state index contributed by atoms with van der Waals surface area (Å²) < 4.78 is 6.10. The first-order valence-electron chi connectivity index (χ1n) is 8.61. The van der Waals surface area contributed by atoms with Crippen molar-refractivity contribution in [1.82, 2.24) is 0 Å². The fourth-order valence-corrected chi connectivity index (χ4v) is 3.81. The molecule has 25 heavy (non-hydrogen) atoms. The fourth-order valence-electron chi connectivity index (χ4n) is 3.81. The predicted octanol–water partition coefficient (Wildman–Crippen LogP) is 3.62. The molecule has 1 saturated heterocycles. The van der Waals surface area contributed by atoms with Gasteiger partial charge in [0.15, 0.2) is 0 Å². The highest BCUT2D eigenvalue weighted by molar-refractivity contribution is 5.77. The van der Waals surface area contributed by atoms with Crippen LogP contribution < -0.4 is 5.73 Å². The Balaban J connectivity index is 1.99. The number of hydrogen-bond acceptors (Lipinski definition) is 3. The van der Waals surface area contributed by atoms with Crippen molar-refractivity contribution in [2.45, 2.75) is 25.4 Å². The third-order valence-electron chi connectivity index (χ3n) is 5.20. The first-order chi connectivity index (χ1) is 12.1. The molecule has 2 N–H and O–H groups in total. The van der Waals surface area contributed by atoms with E-state index in [9.17, 15) is 10.1 Å². The largest absolute Gasteiger partial charge is 0.369 e. The van der Waals surface area contributed by atoms with Gasteiger partial charge in [0.25, 0.3) is 0 Å². The van der Waals surface area contributed by atoms with Crippen LogP contribution in [0.25, 0.3) is 11.1 Å². The number of ether oxygens (including phenoxy) is 1. The topological polar surface area (TPSA) is 76.1 Å². The van der Waals surface area contributed by atoms with Gasteiger partial charge in [-0.2, -0.15) is 5.26 Å². The van der Waals surface area contributed by atoms with Crippen molar-refractivity contribution in [2.75, 3.05) is 6.61 Å². The molecule has 1 aliphatic heterocycles. The summed E-state index contributed by atoms with van der Waals surface area (Å²) in [6.07, 6.45) is 1.11. The van der Waals surface area contributed by atoms with E-state index in [2.05, 4.69) is 18.2 Å². The Bertz CT molecular complexity index is 780. The van der Waals surface area contributed by atoms with Crippen LogP contribution in [-0.4, -0.2) is 12.5 Å². The highest BCUT2D eigenvalue weighted by Gasteiger charge is 2.49. The molecule has 4 nitrogen and oxygen atoms in total. The Labute approximate surface area is 148 Å². The molecule has 3 rings (SSSR count). The number of primary amides is 1. The van der Waals surface area contributed by atoms with E-state index in [-0.39, 0.29) is 0 Å². The van der Waals surface area contributed by atoms with Gasteiger partial charge in [-0.1, -0.05) is 61.5 Å². The molecule has 1 amide bonds. The van der Waals surface area contributed by atoms with Crippen molar-refractivity contribution >= 4 is 5.91 Å². The number of carbonyl (C=O) groups excluding carboxylic acids is 1. The molecule has 0 radical (unpaired) electrons. The van der Waals surface area contributed by atoms with Gasteiger partial charge in [-0.25, -0.2) is 0 Å². The first kappa shape index (κ1) is 17.2.